The van der Waals surface area contributed by atoms with Gasteiger partial charge in [-0.25, -0.2) is 17.2 Å². The van der Waals surface area contributed by atoms with Crippen molar-refractivity contribution in [3.63, 3.8) is 0 Å². The second-order valence-corrected chi connectivity index (χ2v) is 8.70. The fourth-order valence-corrected chi connectivity index (χ4v) is 4.63. The molecule has 0 bridgehead atoms. The molecule has 1 fully saturated rings. The molecule has 0 aliphatic carbocycles. The highest BCUT2D eigenvalue weighted by Gasteiger charge is 2.32. The van der Waals surface area contributed by atoms with Crippen molar-refractivity contribution in [2.45, 2.75) is 11.3 Å². The third-order valence-corrected chi connectivity index (χ3v) is 6.76. The molecule has 1 aliphatic rings. The number of rotatable bonds is 6. The zero-order chi connectivity index (χ0) is 21.0. The molecule has 3 rings (SSSR count). The molecule has 0 N–H and O–H groups in total. The number of carbonyl (C=O) groups is 1. The lowest BCUT2D eigenvalue weighted by atomic mass is 10.3. The minimum atomic E-state index is -4.10. The van der Waals surface area contributed by atoms with Crippen LogP contribution in [0.2, 0.25) is 5.02 Å². The summed E-state index contributed by atoms with van der Waals surface area (Å²) in [6.07, 6.45) is 0.116. The first-order valence-corrected chi connectivity index (χ1v) is 10.7. The van der Waals surface area contributed by atoms with Crippen LogP contribution in [-0.4, -0.2) is 56.3 Å². The van der Waals surface area contributed by atoms with Crippen LogP contribution < -0.4 is 4.74 Å². The van der Waals surface area contributed by atoms with Crippen LogP contribution in [0.4, 0.5) is 8.78 Å². The van der Waals surface area contributed by atoms with Crippen LogP contribution in [0.25, 0.3) is 0 Å². The molecule has 0 saturated carbocycles. The Hall–Kier alpha value is -2.23. The standard InChI is InChI=1S/C19H19ClF2N2O4S/c20-15-3-1-2-4-17(15)28-12-7-19(25)23-8-10-24(11-9-23)29(26,27)18-6-5-14(21)13-16(18)22/h1-6,13H,7-12H2. The number of hydrogen-bond acceptors (Lipinski definition) is 4. The molecule has 6 nitrogen and oxygen atoms in total. The van der Waals surface area contributed by atoms with Gasteiger partial charge in [-0.15, -0.1) is 0 Å². The Morgan fingerprint density at radius 3 is 2.41 bits per heavy atom. The number of amides is 1. The first-order valence-electron chi connectivity index (χ1n) is 8.89. The molecule has 29 heavy (non-hydrogen) atoms. The molecule has 1 aliphatic heterocycles. The van der Waals surface area contributed by atoms with Crippen LogP contribution in [0.3, 0.4) is 0 Å². The summed E-state index contributed by atoms with van der Waals surface area (Å²) >= 11 is 5.99. The number of ether oxygens (including phenoxy) is 1. The zero-order valence-corrected chi connectivity index (χ0v) is 16.9. The summed E-state index contributed by atoms with van der Waals surface area (Å²) < 4.78 is 58.7. The van der Waals surface area contributed by atoms with Crippen LogP contribution in [0, 0.1) is 11.6 Å². The number of nitrogens with zero attached hydrogens (tertiary/aromatic N) is 2. The molecule has 156 valence electrons. The van der Waals surface area contributed by atoms with Crippen LogP contribution >= 0.6 is 11.6 Å². The topological polar surface area (TPSA) is 66.9 Å². The average Bonchev–Trinajstić information content (AvgIpc) is 2.69. The summed E-state index contributed by atoms with van der Waals surface area (Å²) in [4.78, 5) is 13.3. The lowest BCUT2D eigenvalue weighted by Gasteiger charge is -2.34. The summed E-state index contributed by atoms with van der Waals surface area (Å²) in [5.74, 6) is -1.68. The fourth-order valence-electron chi connectivity index (χ4n) is 2.97. The Morgan fingerprint density at radius 2 is 1.76 bits per heavy atom. The quantitative estimate of drug-likeness (QED) is 0.687. The minimum Gasteiger partial charge on any atom is -0.491 e. The molecular formula is C19H19ClF2N2O4S. The number of hydrogen-bond donors (Lipinski definition) is 0. The summed E-state index contributed by atoms with van der Waals surface area (Å²) in [6, 6.07) is 9.26. The molecule has 0 atom stereocenters. The van der Waals surface area contributed by atoms with Crippen molar-refractivity contribution in [3.8, 4) is 5.75 Å². The molecule has 1 amide bonds. The van der Waals surface area contributed by atoms with Crippen LogP contribution in [0.15, 0.2) is 47.4 Å². The number of sulfonamides is 1. The maximum Gasteiger partial charge on any atom is 0.246 e. The normalized spacial score (nSPS) is 15.3. The Labute approximate surface area is 172 Å². The Kier molecular flexibility index (Phi) is 6.71. The number of benzene rings is 2. The SMILES string of the molecule is O=C(CCOc1ccccc1Cl)N1CCN(S(=O)(=O)c2ccc(F)cc2F)CC1. The average molecular weight is 445 g/mol. The first kappa shape index (κ1) is 21.5. The molecule has 0 unspecified atom stereocenters. The monoisotopic (exact) mass is 444 g/mol. The lowest BCUT2D eigenvalue weighted by Crippen LogP contribution is -2.50. The lowest BCUT2D eigenvalue weighted by molar-refractivity contribution is -0.132. The van der Waals surface area contributed by atoms with Gasteiger partial charge in [-0.1, -0.05) is 23.7 Å². The summed E-state index contributed by atoms with van der Waals surface area (Å²) in [7, 11) is -4.10. The van der Waals surface area contributed by atoms with Gasteiger partial charge in [0.2, 0.25) is 15.9 Å². The smallest absolute Gasteiger partial charge is 0.246 e. The highest BCUT2D eigenvalue weighted by atomic mass is 35.5. The zero-order valence-electron chi connectivity index (χ0n) is 15.4. The number of carbonyl (C=O) groups excluding carboxylic acids is 1. The van der Waals surface area contributed by atoms with Crippen molar-refractivity contribution in [2.75, 3.05) is 32.8 Å². The van der Waals surface area contributed by atoms with Crippen LogP contribution in [0.1, 0.15) is 6.42 Å². The van der Waals surface area contributed by atoms with E-state index in [9.17, 15) is 22.0 Å². The van der Waals surface area contributed by atoms with Crippen LogP contribution in [0.5, 0.6) is 5.75 Å². The van der Waals surface area contributed by atoms with Crippen molar-refractivity contribution >= 4 is 27.5 Å². The number of piperazine rings is 1. The number of para-hydroxylation sites is 1. The second-order valence-electron chi connectivity index (χ2n) is 6.39. The molecule has 2 aromatic carbocycles. The highest BCUT2D eigenvalue weighted by molar-refractivity contribution is 7.89. The molecule has 1 saturated heterocycles. The van der Waals surface area contributed by atoms with Gasteiger partial charge in [-0.3, -0.25) is 4.79 Å². The summed E-state index contributed by atoms with van der Waals surface area (Å²) in [6.45, 7) is 0.536. The maximum absolute atomic E-state index is 13.9. The van der Waals surface area contributed by atoms with E-state index in [1.165, 1.54) is 4.90 Å². The van der Waals surface area contributed by atoms with Crippen molar-refractivity contribution in [1.82, 2.24) is 9.21 Å². The molecule has 0 radical (unpaired) electrons. The molecule has 0 aromatic heterocycles. The van der Waals surface area contributed by atoms with E-state index >= 15 is 0 Å². The first-order chi connectivity index (χ1) is 13.8. The van der Waals surface area contributed by atoms with Gasteiger partial charge in [0.05, 0.1) is 18.1 Å². The molecule has 2 aromatic rings. The molecule has 0 spiro atoms. The van der Waals surface area contributed by atoms with Gasteiger partial charge >= 0.3 is 0 Å². The van der Waals surface area contributed by atoms with E-state index in [1.807, 2.05) is 0 Å². The third-order valence-electron chi connectivity index (χ3n) is 4.51. The van der Waals surface area contributed by atoms with Gasteiger partial charge in [0.15, 0.2) is 0 Å². The van der Waals surface area contributed by atoms with Gasteiger partial charge in [-0.2, -0.15) is 4.31 Å². The van der Waals surface area contributed by atoms with E-state index in [0.29, 0.717) is 16.8 Å². The molecule has 10 heteroatoms. The fraction of sp³-hybridized carbons (Fsp3) is 0.316. The largest absolute Gasteiger partial charge is 0.491 e. The van der Waals surface area contributed by atoms with Crippen LogP contribution in [-0.2, 0) is 14.8 Å². The highest BCUT2D eigenvalue weighted by Crippen LogP contribution is 2.24. The molecule has 1 heterocycles. The molecular weight excluding hydrogens is 426 g/mol. The third kappa shape index (κ3) is 5.04. The van der Waals surface area contributed by atoms with E-state index in [0.717, 1.165) is 16.4 Å². The van der Waals surface area contributed by atoms with E-state index in [-0.39, 0.29) is 45.1 Å². The van der Waals surface area contributed by atoms with Gasteiger partial charge in [0, 0.05) is 32.2 Å². The predicted molar refractivity (Wildman–Crippen MR) is 103 cm³/mol. The van der Waals surface area contributed by atoms with Crippen molar-refractivity contribution in [2.24, 2.45) is 0 Å². The number of halogens is 3. The van der Waals surface area contributed by atoms with Crippen molar-refractivity contribution in [3.05, 3.63) is 59.1 Å². The van der Waals surface area contributed by atoms with Gasteiger partial charge < -0.3 is 9.64 Å². The summed E-state index contributed by atoms with van der Waals surface area (Å²) in [5.41, 5.74) is 0. The van der Waals surface area contributed by atoms with E-state index in [1.54, 1.807) is 24.3 Å². The Balaban J connectivity index is 1.53. The van der Waals surface area contributed by atoms with E-state index in [4.69, 9.17) is 16.3 Å². The second kappa shape index (κ2) is 9.06. The van der Waals surface area contributed by atoms with E-state index in [2.05, 4.69) is 0 Å². The summed E-state index contributed by atoms with van der Waals surface area (Å²) in [5, 5.41) is 0.451. The minimum absolute atomic E-state index is 0.0241. The van der Waals surface area contributed by atoms with Gasteiger partial charge in [-0.05, 0) is 24.3 Å². The maximum atomic E-state index is 13.9. The van der Waals surface area contributed by atoms with Crippen molar-refractivity contribution in [1.29, 1.82) is 0 Å². The van der Waals surface area contributed by atoms with E-state index < -0.39 is 26.6 Å². The Bertz CT molecular complexity index is 995. The van der Waals surface area contributed by atoms with Gasteiger partial charge in [0.25, 0.3) is 0 Å². The predicted octanol–water partition coefficient (Wildman–Crippen LogP) is 2.92. The van der Waals surface area contributed by atoms with Crippen molar-refractivity contribution < 1.29 is 26.7 Å². The Morgan fingerprint density at radius 1 is 1.07 bits per heavy atom. The van der Waals surface area contributed by atoms with Gasteiger partial charge in [0.1, 0.15) is 22.3 Å².